The number of nitrogens with two attached hydrogens (primary N) is 3. The lowest BCUT2D eigenvalue weighted by atomic mass is 9.86. The van der Waals surface area contributed by atoms with Gasteiger partial charge in [0.2, 0.25) is 0 Å². The Labute approximate surface area is 227 Å². The molecule has 0 aliphatic heterocycles. The normalized spacial score (nSPS) is 11.0. The standard InChI is InChI=1S/C33H24N6/c34-19-31-28(16-7-22-1-10-25(37)11-2-22)32(20-35)30(18-9-24-5-14-27(39)15-6-24)33(21-36)29(31)17-8-23-3-12-26(38)13-4-23/h1-18H,37-39H2/b16-7+,17-8+,18-9+. The predicted molar refractivity (Wildman–Crippen MR) is 160 cm³/mol. The molecule has 0 aliphatic carbocycles. The van der Waals surface area contributed by atoms with Crippen molar-refractivity contribution < 1.29 is 0 Å². The highest BCUT2D eigenvalue weighted by atomic mass is 14.5. The molecular formula is C33H24N6. The molecule has 0 fully saturated rings. The molecule has 0 saturated carbocycles. The average molecular weight is 505 g/mol. The molecule has 6 N–H and O–H groups in total. The summed E-state index contributed by atoms with van der Waals surface area (Å²) in [6.07, 6.45) is 10.6. The lowest BCUT2D eigenvalue weighted by molar-refractivity contribution is 1.37. The maximum atomic E-state index is 10.2. The Morgan fingerprint density at radius 1 is 0.385 bits per heavy atom. The fourth-order valence-corrected chi connectivity index (χ4v) is 4.03. The van der Waals surface area contributed by atoms with Crippen LogP contribution < -0.4 is 17.2 Å². The quantitative estimate of drug-likeness (QED) is 0.200. The molecular weight excluding hydrogens is 480 g/mol. The van der Waals surface area contributed by atoms with Crippen LogP contribution in [0, 0.1) is 34.0 Å². The van der Waals surface area contributed by atoms with E-state index in [4.69, 9.17) is 17.2 Å². The van der Waals surface area contributed by atoms with Crippen LogP contribution in [0.1, 0.15) is 50.1 Å². The van der Waals surface area contributed by atoms with E-state index in [1.54, 1.807) is 54.6 Å². The number of anilines is 3. The molecule has 0 saturated heterocycles. The molecule has 4 aromatic carbocycles. The van der Waals surface area contributed by atoms with Gasteiger partial charge in [-0.15, -0.1) is 0 Å². The van der Waals surface area contributed by atoms with Crippen LogP contribution in [0.4, 0.5) is 17.1 Å². The van der Waals surface area contributed by atoms with E-state index in [2.05, 4.69) is 18.2 Å². The number of rotatable bonds is 6. The van der Waals surface area contributed by atoms with E-state index in [1.807, 2.05) is 54.6 Å². The minimum absolute atomic E-state index is 0.228. The zero-order valence-corrected chi connectivity index (χ0v) is 21.0. The summed E-state index contributed by atoms with van der Waals surface area (Å²) in [7, 11) is 0. The van der Waals surface area contributed by atoms with Crippen LogP contribution >= 0.6 is 0 Å². The lowest BCUT2D eigenvalue weighted by Crippen LogP contribution is -2.02. The molecule has 0 unspecified atom stereocenters. The molecule has 0 atom stereocenters. The smallest absolute Gasteiger partial charge is 0.100 e. The number of nitrogen functional groups attached to an aromatic ring is 3. The van der Waals surface area contributed by atoms with Gasteiger partial charge in [-0.05, 0) is 53.1 Å². The Hall–Kier alpha value is -6.03. The molecule has 6 heteroatoms. The molecule has 6 nitrogen and oxygen atoms in total. The van der Waals surface area contributed by atoms with Gasteiger partial charge in [-0.25, -0.2) is 0 Å². The van der Waals surface area contributed by atoms with Gasteiger partial charge in [0.25, 0.3) is 0 Å². The third kappa shape index (κ3) is 6.04. The van der Waals surface area contributed by atoms with E-state index in [1.165, 1.54) is 0 Å². The maximum Gasteiger partial charge on any atom is 0.100 e. The number of benzene rings is 4. The van der Waals surface area contributed by atoms with Crippen LogP contribution in [0.5, 0.6) is 0 Å². The van der Waals surface area contributed by atoms with Gasteiger partial charge in [-0.2, -0.15) is 15.8 Å². The van der Waals surface area contributed by atoms with Crippen LogP contribution in [0.25, 0.3) is 36.5 Å². The van der Waals surface area contributed by atoms with E-state index < -0.39 is 0 Å². The third-order valence-corrected chi connectivity index (χ3v) is 6.09. The molecule has 0 heterocycles. The van der Waals surface area contributed by atoms with Gasteiger partial charge < -0.3 is 17.2 Å². The summed E-state index contributed by atoms with van der Waals surface area (Å²) >= 11 is 0. The molecule has 0 spiro atoms. The topological polar surface area (TPSA) is 149 Å². The van der Waals surface area contributed by atoms with Gasteiger partial charge in [-0.1, -0.05) is 72.9 Å². The van der Waals surface area contributed by atoms with Crippen molar-refractivity contribution in [3.05, 3.63) is 123 Å². The van der Waals surface area contributed by atoms with Gasteiger partial charge in [0, 0.05) is 33.8 Å². The third-order valence-electron chi connectivity index (χ3n) is 6.09. The largest absolute Gasteiger partial charge is 0.399 e. The summed E-state index contributed by atoms with van der Waals surface area (Å²) in [5.41, 5.74) is 23.8. The Morgan fingerprint density at radius 2 is 0.615 bits per heavy atom. The second-order valence-electron chi connectivity index (χ2n) is 8.70. The first-order chi connectivity index (χ1) is 18.9. The van der Waals surface area contributed by atoms with E-state index in [0.717, 1.165) is 16.7 Å². The summed E-state index contributed by atoms with van der Waals surface area (Å²) in [6.45, 7) is 0. The number of hydrogen-bond acceptors (Lipinski definition) is 6. The first kappa shape index (κ1) is 26.0. The molecule has 0 amide bonds. The van der Waals surface area contributed by atoms with E-state index >= 15 is 0 Å². The van der Waals surface area contributed by atoms with Crippen LogP contribution in [0.2, 0.25) is 0 Å². The number of nitriles is 3. The fourth-order valence-electron chi connectivity index (χ4n) is 4.03. The highest BCUT2D eigenvalue weighted by molar-refractivity contribution is 5.90. The molecule has 39 heavy (non-hydrogen) atoms. The first-order valence-electron chi connectivity index (χ1n) is 12.0. The Morgan fingerprint density at radius 3 is 0.821 bits per heavy atom. The Kier molecular flexibility index (Phi) is 7.88. The predicted octanol–water partition coefficient (Wildman–Crippen LogP) is 6.56. The van der Waals surface area contributed by atoms with Crippen LogP contribution in [-0.2, 0) is 0 Å². The summed E-state index contributed by atoms with van der Waals surface area (Å²) < 4.78 is 0. The van der Waals surface area contributed by atoms with Crippen molar-refractivity contribution in [3.63, 3.8) is 0 Å². The van der Waals surface area contributed by atoms with Crippen molar-refractivity contribution in [2.24, 2.45) is 0 Å². The fraction of sp³-hybridized carbons (Fsp3) is 0. The highest BCUT2D eigenvalue weighted by Crippen LogP contribution is 2.32. The van der Waals surface area contributed by atoms with Crippen LogP contribution in [0.15, 0.2) is 72.8 Å². The summed E-state index contributed by atoms with van der Waals surface area (Å²) in [6, 6.07) is 28.4. The second-order valence-corrected chi connectivity index (χ2v) is 8.70. The minimum atomic E-state index is 0.228. The van der Waals surface area contributed by atoms with Crippen molar-refractivity contribution >= 4 is 53.5 Å². The second kappa shape index (κ2) is 11.8. The Bertz CT molecular complexity index is 1490. The summed E-state index contributed by atoms with van der Waals surface area (Å²) in [5.74, 6) is 0. The van der Waals surface area contributed by atoms with Crippen molar-refractivity contribution in [2.45, 2.75) is 0 Å². The minimum Gasteiger partial charge on any atom is -0.399 e. The number of hydrogen-bond donors (Lipinski definition) is 3. The lowest BCUT2D eigenvalue weighted by Gasteiger charge is -2.13. The van der Waals surface area contributed by atoms with E-state index in [0.29, 0.717) is 33.8 Å². The van der Waals surface area contributed by atoms with Crippen molar-refractivity contribution in [1.82, 2.24) is 0 Å². The molecule has 4 rings (SSSR count). The SMILES string of the molecule is N#Cc1c(/C=C/c2ccc(N)cc2)c(C#N)c(/C=C/c2ccc(N)cc2)c(C#N)c1/C=C/c1ccc(N)cc1. The van der Waals surface area contributed by atoms with Crippen LogP contribution in [0.3, 0.4) is 0 Å². The monoisotopic (exact) mass is 504 g/mol. The zero-order chi connectivity index (χ0) is 27.8. The molecule has 186 valence electrons. The highest BCUT2D eigenvalue weighted by Gasteiger charge is 2.20. The maximum absolute atomic E-state index is 10.2. The van der Waals surface area contributed by atoms with Gasteiger partial charge in [0.1, 0.15) is 18.2 Å². The summed E-state index contributed by atoms with van der Waals surface area (Å²) in [5, 5.41) is 30.7. The molecule has 4 aromatic rings. The van der Waals surface area contributed by atoms with E-state index in [-0.39, 0.29) is 16.7 Å². The van der Waals surface area contributed by atoms with Crippen LogP contribution in [-0.4, -0.2) is 0 Å². The molecule has 0 radical (unpaired) electrons. The van der Waals surface area contributed by atoms with Gasteiger partial charge in [0.15, 0.2) is 0 Å². The van der Waals surface area contributed by atoms with Crippen molar-refractivity contribution in [1.29, 1.82) is 15.8 Å². The van der Waals surface area contributed by atoms with Gasteiger partial charge >= 0.3 is 0 Å². The molecule has 0 aliphatic rings. The molecule has 0 bridgehead atoms. The van der Waals surface area contributed by atoms with E-state index in [9.17, 15) is 15.8 Å². The van der Waals surface area contributed by atoms with Gasteiger partial charge in [0.05, 0.1) is 16.7 Å². The Balaban J connectivity index is 1.96. The van der Waals surface area contributed by atoms with Crippen molar-refractivity contribution in [2.75, 3.05) is 17.2 Å². The van der Waals surface area contributed by atoms with Gasteiger partial charge in [-0.3, -0.25) is 0 Å². The molecule has 0 aromatic heterocycles. The first-order valence-corrected chi connectivity index (χ1v) is 12.0. The summed E-state index contributed by atoms with van der Waals surface area (Å²) in [4.78, 5) is 0. The average Bonchev–Trinajstić information content (AvgIpc) is 2.95. The number of nitrogens with zero attached hydrogens (tertiary/aromatic N) is 3. The zero-order valence-electron chi connectivity index (χ0n) is 21.0. The van der Waals surface area contributed by atoms with Crippen molar-refractivity contribution in [3.8, 4) is 18.2 Å².